The third-order valence-electron chi connectivity index (χ3n) is 2.94. The molecule has 1 atom stereocenters. The molecule has 1 aliphatic heterocycles. The van der Waals surface area contributed by atoms with E-state index >= 15 is 0 Å². The first-order valence-corrected chi connectivity index (χ1v) is 8.01. The Labute approximate surface area is 114 Å². The van der Waals surface area contributed by atoms with E-state index in [1.807, 2.05) is 4.72 Å². The van der Waals surface area contributed by atoms with Crippen molar-refractivity contribution in [3.05, 3.63) is 0 Å². The van der Waals surface area contributed by atoms with E-state index in [1.54, 1.807) is 13.8 Å². The largest absolute Gasteiger partial charge is 0.446 e. The molecule has 19 heavy (non-hydrogen) atoms. The maximum Gasteiger partial charge on any atom is 0.422 e. The number of piperidine rings is 1. The van der Waals surface area contributed by atoms with Gasteiger partial charge in [-0.3, -0.25) is 0 Å². The van der Waals surface area contributed by atoms with Crippen molar-refractivity contribution in [3.63, 3.8) is 0 Å². The second kappa shape index (κ2) is 7.06. The lowest BCUT2D eigenvalue weighted by Gasteiger charge is -2.34. The number of hydrogen-bond acceptors (Lipinski definition) is 5. The number of carbonyl (C=O) groups is 1. The van der Waals surface area contributed by atoms with Gasteiger partial charge in [-0.05, 0) is 39.7 Å². The van der Waals surface area contributed by atoms with E-state index in [1.165, 1.54) is 4.31 Å². The molecule has 3 N–H and O–H groups in total. The first kappa shape index (κ1) is 16.2. The van der Waals surface area contributed by atoms with Crippen molar-refractivity contribution in [2.24, 2.45) is 5.73 Å². The molecule has 1 amide bonds. The van der Waals surface area contributed by atoms with Crippen molar-refractivity contribution >= 4 is 16.3 Å². The molecule has 1 heterocycles. The quantitative estimate of drug-likeness (QED) is 0.771. The first-order chi connectivity index (χ1) is 8.86. The van der Waals surface area contributed by atoms with Gasteiger partial charge >= 0.3 is 16.3 Å². The molecule has 1 rings (SSSR count). The van der Waals surface area contributed by atoms with Crippen LogP contribution in [0.1, 0.15) is 39.5 Å². The van der Waals surface area contributed by atoms with Gasteiger partial charge in [-0.2, -0.15) is 12.7 Å². The maximum atomic E-state index is 12.1. The van der Waals surface area contributed by atoms with E-state index in [4.69, 9.17) is 10.5 Å². The minimum Gasteiger partial charge on any atom is -0.446 e. The van der Waals surface area contributed by atoms with Crippen LogP contribution in [0.3, 0.4) is 0 Å². The van der Waals surface area contributed by atoms with Crippen molar-refractivity contribution < 1.29 is 17.9 Å². The lowest BCUT2D eigenvalue weighted by atomic mass is 10.0. The minimum atomic E-state index is -3.85. The van der Waals surface area contributed by atoms with E-state index in [0.717, 1.165) is 19.3 Å². The summed E-state index contributed by atoms with van der Waals surface area (Å²) in [6, 6.07) is -0.136. The Hall–Kier alpha value is -0.860. The Morgan fingerprint density at radius 3 is 2.74 bits per heavy atom. The molecule has 112 valence electrons. The number of amides is 1. The molecule has 8 heteroatoms. The molecule has 1 saturated heterocycles. The van der Waals surface area contributed by atoms with Crippen LogP contribution in [-0.4, -0.2) is 44.1 Å². The Morgan fingerprint density at radius 2 is 2.16 bits per heavy atom. The van der Waals surface area contributed by atoms with Crippen LogP contribution in [0.5, 0.6) is 0 Å². The Morgan fingerprint density at radius 1 is 1.47 bits per heavy atom. The average molecular weight is 293 g/mol. The summed E-state index contributed by atoms with van der Waals surface area (Å²) in [7, 11) is -3.85. The molecule has 0 aromatic heterocycles. The Bertz CT molecular complexity index is 395. The molecule has 7 nitrogen and oxygen atoms in total. The summed E-state index contributed by atoms with van der Waals surface area (Å²) in [5.74, 6) is 0. The van der Waals surface area contributed by atoms with E-state index < -0.39 is 16.3 Å². The summed E-state index contributed by atoms with van der Waals surface area (Å²) in [6.45, 7) is 4.15. The van der Waals surface area contributed by atoms with Gasteiger partial charge in [0, 0.05) is 12.6 Å². The van der Waals surface area contributed by atoms with Crippen LogP contribution in [0.2, 0.25) is 0 Å². The summed E-state index contributed by atoms with van der Waals surface area (Å²) in [5, 5.41) is 0. The fourth-order valence-electron chi connectivity index (χ4n) is 2.17. The highest BCUT2D eigenvalue weighted by atomic mass is 32.2. The zero-order valence-corrected chi connectivity index (χ0v) is 12.3. The number of hydrogen-bond donors (Lipinski definition) is 2. The second-order valence-corrected chi connectivity index (χ2v) is 6.52. The van der Waals surface area contributed by atoms with Crippen LogP contribution in [0, 0.1) is 0 Å². The van der Waals surface area contributed by atoms with Gasteiger partial charge in [0.05, 0.1) is 6.10 Å². The van der Waals surface area contributed by atoms with Crippen LogP contribution in [0.25, 0.3) is 0 Å². The van der Waals surface area contributed by atoms with Crippen molar-refractivity contribution in [1.82, 2.24) is 9.03 Å². The van der Waals surface area contributed by atoms with Gasteiger partial charge in [-0.25, -0.2) is 9.52 Å². The van der Waals surface area contributed by atoms with Crippen LogP contribution in [0.4, 0.5) is 4.79 Å². The fourth-order valence-corrected chi connectivity index (χ4v) is 3.52. The molecule has 0 aromatic rings. The molecular weight excluding hydrogens is 270 g/mol. The number of nitrogens with zero attached hydrogens (tertiary/aromatic N) is 1. The molecule has 0 aliphatic carbocycles. The molecule has 0 bridgehead atoms. The molecule has 1 fully saturated rings. The van der Waals surface area contributed by atoms with Gasteiger partial charge in [-0.1, -0.05) is 6.42 Å². The molecule has 0 radical (unpaired) electrons. The molecule has 1 unspecified atom stereocenters. The number of rotatable bonds is 5. The summed E-state index contributed by atoms with van der Waals surface area (Å²) in [6.07, 6.45) is 1.84. The number of nitrogens with one attached hydrogen (secondary N) is 1. The predicted octanol–water partition coefficient (Wildman–Crippen LogP) is 0.569. The number of carbonyl (C=O) groups excluding carboxylic acids is 1. The lowest BCUT2D eigenvalue weighted by Crippen LogP contribution is -2.51. The van der Waals surface area contributed by atoms with Gasteiger partial charge in [0.1, 0.15) is 0 Å². The monoisotopic (exact) mass is 293 g/mol. The Balaban J connectivity index is 2.70. The van der Waals surface area contributed by atoms with Gasteiger partial charge in [-0.15, -0.1) is 0 Å². The summed E-state index contributed by atoms with van der Waals surface area (Å²) in [4.78, 5) is 11.4. The molecule has 1 aliphatic rings. The molecule has 0 spiro atoms. The van der Waals surface area contributed by atoms with Gasteiger partial charge in [0.25, 0.3) is 0 Å². The predicted molar refractivity (Wildman–Crippen MR) is 71.7 cm³/mol. The van der Waals surface area contributed by atoms with Crippen LogP contribution in [0.15, 0.2) is 0 Å². The third-order valence-corrected chi connectivity index (χ3v) is 4.46. The molecule has 0 saturated carbocycles. The molecule has 0 aromatic carbocycles. The third kappa shape index (κ3) is 4.96. The van der Waals surface area contributed by atoms with E-state index in [2.05, 4.69) is 0 Å². The summed E-state index contributed by atoms with van der Waals surface area (Å²) >= 11 is 0. The second-order valence-electron chi connectivity index (χ2n) is 4.90. The van der Waals surface area contributed by atoms with Crippen molar-refractivity contribution in [2.45, 2.75) is 51.7 Å². The van der Waals surface area contributed by atoms with Crippen LogP contribution in [-0.2, 0) is 14.9 Å². The van der Waals surface area contributed by atoms with E-state index in [9.17, 15) is 13.2 Å². The van der Waals surface area contributed by atoms with E-state index in [0.29, 0.717) is 19.5 Å². The number of ether oxygens (including phenoxy) is 1. The van der Waals surface area contributed by atoms with Gasteiger partial charge < -0.3 is 10.5 Å². The van der Waals surface area contributed by atoms with Crippen molar-refractivity contribution in [2.75, 3.05) is 13.1 Å². The van der Waals surface area contributed by atoms with Gasteiger partial charge in [0.15, 0.2) is 0 Å². The van der Waals surface area contributed by atoms with Crippen molar-refractivity contribution in [3.8, 4) is 0 Å². The van der Waals surface area contributed by atoms with Crippen molar-refractivity contribution in [1.29, 1.82) is 0 Å². The minimum absolute atomic E-state index is 0.136. The maximum absolute atomic E-state index is 12.1. The lowest BCUT2D eigenvalue weighted by molar-refractivity contribution is 0.120. The zero-order valence-electron chi connectivity index (χ0n) is 11.5. The van der Waals surface area contributed by atoms with Gasteiger partial charge in [0.2, 0.25) is 0 Å². The first-order valence-electron chi connectivity index (χ1n) is 6.57. The van der Waals surface area contributed by atoms with Crippen LogP contribution >= 0.6 is 0 Å². The highest BCUT2D eigenvalue weighted by molar-refractivity contribution is 7.87. The summed E-state index contributed by atoms with van der Waals surface area (Å²) < 4.78 is 32.3. The number of nitrogens with two attached hydrogens (primary N) is 1. The zero-order chi connectivity index (χ0) is 14.5. The highest BCUT2D eigenvalue weighted by Gasteiger charge is 2.33. The highest BCUT2D eigenvalue weighted by Crippen LogP contribution is 2.21. The fraction of sp³-hybridized carbons (Fsp3) is 0.909. The summed E-state index contributed by atoms with van der Waals surface area (Å²) in [5.41, 5.74) is 5.50. The smallest absolute Gasteiger partial charge is 0.422 e. The van der Waals surface area contributed by atoms with E-state index in [-0.39, 0.29) is 12.1 Å². The molecular formula is C11H23N3O4S. The average Bonchev–Trinajstić information content (AvgIpc) is 2.27. The van der Waals surface area contributed by atoms with Crippen LogP contribution < -0.4 is 10.5 Å². The Kier molecular flexibility index (Phi) is 6.02. The topological polar surface area (TPSA) is 102 Å². The normalized spacial score (nSPS) is 21.4. The standard InChI is InChI=1S/C11H23N3O4S/c1-9(2)18-11(15)13-19(16,17)14-8-4-3-5-10(14)6-7-12/h9-10H,3-8,12H2,1-2H3,(H,13,15). The SMILES string of the molecule is CC(C)OC(=O)NS(=O)(=O)N1CCCCC1CCN.